The molecule has 3 rings (SSSR count). The first kappa shape index (κ1) is 16.0. The zero-order valence-corrected chi connectivity index (χ0v) is 13.2. The standard InChI is InChI=1S/C18H17FN2O3/c1-24-15-4-2-3-13(11-15)18(23)21-10-9-20-17(22)16(21)12-5-7-14(19)8-6-12/h2-8,11,16H,9-10H2,1H3,(H,20,22). The van der Waals surface area contributed by atoms with Gasteiger partial charge in [-0.1, -0.05) is 18.2 Å². The molecule has 1 aliphatic rings. The van der Waals surface area contributed by atoms with E-state index in [4.69, 9.17) is 4.74 Å². The number of methoxy groups -OCH3 is 1. The number of carbonyl (C=O) groups excluding carboxylic acids is 2. The molecule has 1 atom stereocenters. The molecular weight excluding hydrogens is 311 g/mol. The highest BCUT2D eigenvalue weighted by atomic mass is 19.1. The van der Waals surface area contributed by atoms with Gasteiger partial charge in [-0.25, -0.2) is 4.39 Å². The molecule has 0 saturated carbocycles. The number of rotatable bonds is 3. The second-order valence-electron chi connectivity index (χ2n) is 5.48. The van der Waals surface area contributed by atoms with Gasteiger partial charge in [0.25, 0.3) is 5.91 Å². The van der Waals surface area contributed by atoms with Crippen LogP contribution in [0.1, 0.15) is 22.0 Å². The SMILES string of the molecule is COc1cccc(C(=O)N2CCNC(=O)C2c2ccc(F)cc2)c1. The van der Waals surface area contributed by atoms with Gasteiger partial charge in [-0.15, -0.1) is 0 Å². The molecule has 1 saturated heterocycles. The number of halogens is 1. The lowest BCUT2D eigenvalue weighted by Crippen LogP contribution is -2.52. The summed E-state index contributed by atoms with van der Waals surface area (Å²) in [5.41, 5.74) is 1.01. The Hall–Kier alpha value is -2.89. The molecule has 0 spiro atoms. The molecule has 2 aromatic carbocycles. The van der Waals surface area contributed by atoms with Gasteiger partial charge in [0.1, 0.15) is 17.6 Å². The monoisotopic (exact) mass is 328 g/mol. The highest BCUT2D eigenvalue weighted by Gasteiger charge is 2.34. The van der Waals surface area contributed by atoms with Crippen molar-refractivity contribution in [2.24, 2.45) is 0 Å². The molecule has 0 aliphatic carbocycles. The average molecular weight is 328 g/mol. The maximum Gasteiger partial charge on any atom is 0.255 e. The molecule has 24 heavy (non-hydrogen) atoms. The van der Waals surface area contributed by atoms with Crippen LogP contribution in [-0.4, -0.2) is 36.9 Å². The quantitative estimate of drug-likeness (QED) is 0.939. The Labute approximate surface area is 139 Å². The van der Waals surface area contributed by atoms with Crippen LogP contribution in [0.2, 0.25) is 0 Å². The largest absolute Gasteiger partial charge is 0.497 e. The number of carbonyl (C=O) groups is 2. The smallest absolute Gasteiger partial charge is 0.255 e. The van der Waals surface area contributed by atoms with E-state index in [1.165, 1.54) is 36.3 Å². The minimum Gasteiger partial charge on any atom is -0.497 e. The second kappa shape index (κ2) is 6.70. The molecule has 1 N–H and O–H groups in total. The zero-order valence-electron chi connectivity index (χ0n) is 13.2. The van der Waals surface area contributed by atoms with Gasteiger partial charge < -0.3 is 15.0 Å². The number of benzene rings is 2. The molecule has 0 bridgehead atoms. The molecular formula is C18H17FN2O3. The first-order valence-corrected chi connectivity index (χ1v) is 7.58. The minimum absolute atomic E-state index is 0.266. The van der Waals surface area contributed by atoms with E-state index < -0.39 is 6.04 Å². The van der Waals surface area contributed by atoms with Crippen molar-refractivity contribution in [1.29, 1.82) is 0 Å². The van der Waals surface area contributed by atoms with Crippen LogP contribution in [-0.2, 0) is 4.79 Å². The fraction of sp³-hybridized carbons (Fsp3) is 0.222. The zero-order chi connectivity index (χ0) is 17.1. The van der Waals surface area contributed by atoms with Crippen molar-refractivity contribution in [3.8, 4) is 5.75 Å². The lowest BCUT2D eigenvalue weighted by molar-refractivity contribution is -0.128. The highest BCUT2D eigenvalue weighted by Crippen LogP contribution is 2.26. The fourth-order valence-electron chi connectivity index (χ4n) is 2.78. The molecule has 124 valence electrons. The Kier molecular flexibility index (Phi) is 4.46. The summed E-state index contributed by atoms with van der Waals surface area (Å²) in [6.07, 6.45) is 0. The summed E-state index contributed by atoms with van der Waals surface area (Å²) < 4.78 is 18.3. The van der Waals surface area contributed by atoms with Gasteiger partial charge in [0, 0.05) is 18.7 Å². The van der Waals surface area contributed by atoms with Crippen molar-refractivity contribution >= 4 is 11.8 Å². The van der Waals surface area contributed by atoms with E-state index in [9.17, 15) is 14.0 Å². The lowest BCUT2D eigenvalue weighted by Gasteiger charge is -2.35. The number of amides is 2. The van der Waals surface area contributed by atoms with Gasteiger partial charge in [0.2, 0.25) is 5.91 Å². The number of piperazine rings is 1. The van der Waals surface area contributed by atoms with E-state index in [2.05, 4.69) is 5.32 Å². The first-order chi connectivity index (χ1) is 11.6. The van der Waals surface area contributed by atoms with Crippen LogP contribution < -0.4 is 10.1 Å². The first-order valence-electron chi connectivity index (χ1n) is 7.58. The Morgan fingerprint density at radius 2 is 2.00 bits per heavy atom. The van der Waals surface area contributed by atoms with Crippen molar-refractivity contribution in [1.82, 2.24) is 10.2 Å². The minimum atomic E-state index is -0.780. The normalized spacial score (nSPS) is 17.3. The molecule has 2 aromatic rings. The third kappa shape index (κ3) is 3.08. The number of hydrogen-bond donors (Lipinski definition) is 1. The van der Waals surface area contributed by atoms with E-state index in [-0.39, 0.29) is 17.6 Å². The van der Waals surface area contributed by atoms with Crippen molar-refractivity contribution in [2.75, 3.05) is 20.2 Å². The second-order valence-corrected chi connectivity index (χ2v) is 5.48. The molecule has 6 heteroatoms. The topological polar surface area (TPSA) is 58.6 Å². The van der Waals surface area contributed by atoms with Gasteiger partial charge in [-0.05, 0) is 35.9 Å². The van der Waals surface area contributed by atoms with Gasteiger partial charge in [-0.2, -0.15) is 0 Å². The van der Waals surface area contributed by atoms with E-state index >= 15 is 0 Å². The van der Waals surface area contributed by atoms with Crippen LogP contribution in [0.3, 0.4) is 0 Å². The summed E-state index contributed by atoms with van der Waals surface area (Å²) in [7, 11) is 1.53. The van der Waals surface area contributed by atoms with Gasteiger partial charge in [-0.3, -0.25) is 9.59 Å². The molecule has 2 amide bonds. The van der Waals surface area contributed by atoms with Crippen LogP contribution in [0.4, 0.5) is 4.39 Å². The van der Waals surface area contributed by atoms with Crippen molar-refractivity contribution in [2.45, 2.75) is 6.04 Å². The molecule has 0 aromatic heterocycles. The van der Waals surface area contributed by atoms with Crippen LogP contribution in [0.5, 0.6) is 5.75 Å². The molecule has 1 unspecified atom stereocenters. The third-order valence-corrected chi connectivity index (χ3v) is 3.98. The molecule has 1 aliphatic heterocycles. The van der Waals surface area contributed by atoms with Crippen LogP contribution in [0.25, 0.3) is 0 Å². The summed E-state index contributed by atoms with van der Waals surface area (Å²) in [4.78, 5) is 26.7. The van der Waals surface area contributed by atoms with Crippen molar-refractivity contribution in [3.05, 3.63) is 65.5 Å². The Balaban J connectivity index is 1.95. The number of nitrogens with zero attached hydrogens (tertiary/aromatic N) is 1. The van der Waals surface area contributed by atoms with Crippen molar-refractivity contribution in [3.63, 3.8) is 0 Å². The summed E-state index contributed by atoms with van der Waals surface area (Å²) in [5, 5.41) is 2.75. The summed E-state index contributed by atoms with van der Waals surface area (Å²) in [6.45, 7) is 0.760. The van der Waals surface area contributed by atoms with E-state index in [1.54, 1.807) is 24.3 Å². The predicted octanol–water partition coefficient (Wildman–Crippen LogP) is 2.15. The number of nitrogens with one attached hydrogen (secondary N) is 1. The molecule has 0 radical (unpaired) electrons. The predicted molar refractivity (Wildman–Crippen MR) is 86.2 cm³/mol. The molecule has 1 heterocycles. The maximum absolute atomic E-state index is 13.2. The summed E-state index contributed by atoms with van der Waals surface area (Å²) in [5.74, 6) is -0.358. The lowest BCUT2D eigenvalue weighted by atomic mass is 10.0. The maximum atomic E-state index is 13.2. The third-order valence-electron chi connectivity index (χ3n) is 3.98. The molecule has 1 fully saturated rings. The average Bonchev–Trinajstić information content (AvgIpc) is 2.62. The number of hydrogen-bond acceptors (Lipinski definition) is 3. The Morgan fingerprint density at radius 1 is 1.25 bits per heavy atom. The molecule has 5 nitrogen and oxygen atoms in total. The van der Waals surface area contributed by atoms with E-state index in [0.717, 1.165) is 0 Å². The van der Waals surface area contributed by atoms with Gasteiger partial charge in [0.15, 0.2) is 0 Å². The summed E-state index contributed by atoms with van der Waals surface area (Å²) in [6, 6.07) is 11.6. The van der Waals surface area contributed by atoms with Crippen LogP contribution in [0.15, 0.2) is 48.5 Å². The Morgan fingerprint density at radius 3 is 2.71 bits per heavy atom. The van der Waals surface area contributed by atoms with Crippen LogP contribution >= 0.6 is 0 Å². The highest BCUT2D eigenvalue weighted by molar-refractivity contribution is 5.98. The van der Waals surface area contributed by atoms with Gasteiger partial charge >= 0.3 is 0 Å². The fourth-order valence-corrected chi connectivity index (χ4v) is 2.78. The van der Waals surface area contributed by atoms with E-state index in [1.807, 2.05) is 0 Å². The number of ether oxygens (including phenoxy) is 1. The Bertz CT molecular complexity index is 761. The van der Waals surface area contributed by atoms with Crippen LogP contribution in [0, 0.1) is 5.82 Å². The van der Waals surface area contributed by atoms with Gasteiger partial charge in [0.05, 0.1) is 7.11 Å². The van der Waals surface area contributed by atoms with Crippen molar-refractivity contribution < 1.29 is 18.7 Å². The van der Waals surface area contributed by atoms with E-state index in [0.29, 0.717) is 30.0 Å². The summed E-state index contributed by atoms with van der Waals surface area (Å²) >= 11 is 0.